The molecule has 1 saturated carbocycles. The predicted octanol–water partition coefficient (Wildman–Crippen LogP) is 4.62. The van der Waals surface area contributed by atoms with Gasteiger partial charge in [0.15, 0.2) is 0 Å². The number of hydrogen-bond donors (Lipinski definition) is 0. The van der Waals surface area contributed by atoms with Crippen LogP contribution >= 0.6 is 34.8 Å². The second-order valence-electron chi connectivity index (χ2n) is 4.78. The van der Waals surface area contributed by atoms with Gasteiger partial charge in [-0.05, 0) is 43.9 Å². The van der Waals surface area contributed by atoms with Crippen LogP contribution in [-0.2, 0) is 0 Å². The fraction of sp³-hybridized carbons (Fsp3) is 0.500. The van der Waals surface area contributed by atoms with Crippen LogP contribution in [0.4, 0.5) is 0 Å². The van der Waals surface area contributed by atoms with Crippen LogP contribution in [0.5, 0.6) is 0 Å². The van der Waals surface area contributed by atoms with Crippen molar-refractivity contribution in [2.75, 3.05) is 12.4 Å². The Balaban J connectivity index is 2.17. The van der Waals surface area contributed by atoms with E-state index in [4.69, 9.17) is 34.8 Å². The molecule has 2 nitrogen and oxygen atoms in total. The maximum atomic E-state index is 12.6. The molecule has 1 fully saturated rings. The molecule has 0 spiro atoms. The smallest absolute Gasteiger partial charge is 0.254 e. The van der Waals surface area contributed by atoms with Crippen molar-refractivity contribution >= 4 is 40.7 Å². The molecule has 1 amide bonds. The molecule has 0 aliphatic heterocycles. The summed E-state index contributed by atoms with van der Waals surface area (Å²) in [5.41, 5.74) is 0.555. The minimum absolute atomic E-state index is 0.000725. The Morgan fingerprint density at radius 2 is 1.84 bits per heavy atom. The third kappa shape index (κ3) is 3.77. The lowest BCUT2D eigenvalue weighted by molar-refractivity contribution is 0.0581. The van der Waals surface area contributed by atoms with Gasteiger partial charge >= 0.3 is 0 Å². The van der Waals surface area contributed by atoms with Gasteiger partial charge in [0, 0.05) is 34.1 Å². The van der Waals surface area contributed by atoms with E-state index in [1.165, 1.54) is 6.42 Å². The first-order valence-electron chi connectivity index (χ1n) is 6.45. The summed E-state index contributed by atoms with van der Waals surface area (Å²) in [4.78, 5) is 14.5. The maximum absolute atomic E-state index is 12.6. The first-order chi connectivity index (χ1) is 9.11. The van der Waals surface area contributed by atoms with Crippen molar-refractivity contribution in [3.8, 4) is 0 Å². The van der Waals surface area contributed by atoms with Crippen LogP contribution in [0, 0.1) is 0 Å². The number of halogens is 3. The Morgan fingerprint density at radius 3 is 2.32 bits per heavy atom. The van der Waals surface area contributed by atoms with Crippen LogP contribution in [0.15, 0.2) is 18.2 Å². The molecule has 0 bridgehead atoms. The van der Waals surface area contributed by atoms with Crippen molar-refractivity contribution < 1.29 is 4.79 Å². The summed E-state index contributed by atoms with van der Waals surface area (Å²) in [5.74, 6) is 0.562. The average Bonchev–Trinajstić information content (AvgIpc) is 2.29. The SMILES string of the molecule is O=C(c1cc(Cl)cc(Cl)c1)N(CCCCl)C1CCC1. The highest BCUT2D eigenvalue weighted by molar-refractivity contribution is 6.35. The molecule has 19 heavy (non-hydrogen) atoms. The zero-order valence-electron chi connectivity index (χ0n) is 10.5. The summed E-state index contributed by atoms with van der Waals surface area (Å²) in [6.07, 6.45) is 4.13. The van der Waals surface area contributed by atoms with Crippen molar-refractivity contribution in [2.45, 2.75) is 31.7 Å². The van der Waals surface area contributed by atoms with Gasteiger partial charge in [-0.1, -0.05) is 23.2 Å². The van der Waals surface area contributed by atoms with E-state index in [-0.39, 0.29) is 5.91 Å². The lowest BCUT2D eigenvalue weighted by atomic mass is 9.91. The number of carbonyl (C=O) groups excluding carboxylic acids is 1. The molecule has 0 unspecified atom stereocenters. The largest absolute Gasteiger partial charge is 0.336 e. The van der Waals surface area contributed by atoms with Gasteiger partial charge in [0.25, 0.3) is 5.91 Å². The quantitative estimate of drug-likeness (QED) is 0.725. The topological polar surface area (TPSA) is 20.3 Å². The van der Waals surface area contributed by atoms with Crippen LogP contribution < -0.4 is 0 Å². The molecular formula is C14H16Cl3NO. The Labute approximate surface area is 128 Å². The molecule has 0 N–H and O–H groups in total. The summed E-state index contributed by atoms with van der Waals surface area (Å²) in [5, 5.41) is 0.975. The molecule has 1 aromatic rings. The third-order valence-electron chi connectivity index (χ3n) is 3.42. The molecule has 2 rings (SSSR count). The first kappa shape index (κ1) is 15.0. The van der Waals surface area contributed by atoms with E-state index in [1.807, 2.05) is 4.90 Å². The second-order valence-corrected chi connectivity index (χ2v) is 6.03. The van der Waals surface area contributed by atoms with E-state index in [9.17, 15) is 4.79 Å². The van der Waals surface area contributed by atoms with Crippen molar-refractivity contribution in [2.24, 2.45) is 0 Å². The van der Waals surface area contributed by atoms with Crippen LogP contribution in [0.2, 0.25) is 10.0 Å². The highest BCUT2D eigenvalue weighted by Crippen LogP contribution is 2.28. The monoisotopic (exact) mass is 319 g/mol. The maximum Gasteiger partial charge on any atom is 0.254 e. The Bertz CT molecular complexity index is 440. The Morgan fingerprint density at radius 1 is 1.21 bits per heavy atom. The van der Waals surface area contributed by atoms with Gasteiger partial charge in [-0.15, -0.1) is 11.6 Å². The van der Waals surface area contributed by atoms with Crippen molar-refractivity contribution in [3.05, 3.63) is 33.8 Å². The normalized spacial score (nSPS) is 15.1. The molecule has 0 saturated heterocycles. The van der Waals surface area contributed by atoms with Crippen molar-refractivity contribution in [3.63, 3.8) is 0 Å². The number of nitrogens with zero attached hydrogens (tertiary/aromatic N) is 1. The van der Waals surface area contributed by atoms with Gasteiger partial charge in [0.2, 0.25) is 0 Å². The molecular weight excluding hydrogens is 305 g/mol. The second kappa shape index (κ2) is 6.83. The van der Waals surface area contributed by atoms with Crippen LogP contribution in [0.1, 0.15) is 36.0 Å². The minimum atomic E-state index is -0.000725. The molecule has 1 aromatic carbocycles. The predicted molar refractivity (Wildman–Crippen MR) is 80.5 cm³/mol. The van der Waals surface area contributed by atoms with Crippen LogP contribution in [0.25, 0.3) is 0 Å². The summed E-state index contributed by atoms with van der Waals surface area (Å²) >= 11 is 17.6. The molecule has 104 valence electrons. The summed E-state index contributed by atoms with van der Waals surface area (Å²) < 4.78 is 0. The number of rotatable bonds is 5. The van der Waals surface area contributed by atoms with Gasteiger partial charge in [-0.2, -0.15) is 0 Å². The molecule has 0 atom stereocenters. The lowest BCUT2D eigenvalue weighted by Gasteiger charge is -2.37. The molecule has 1 aliphatic carbocycles. The van der Waals surface area contributed by atoms with E-state index in [1.54, 1.807) is 18.2 Å². The summed E-state index contributed by atoms with van der Waals surface area (Å²) in [6.45, 7) is 0.692. The number of alkyl halides is 1. The van der Waals surface area contributed by atoms with E-state index in [0.717, 1.165) is 19.3 Å². The van der Waals surface area contributed by atoms with E-state index < -0.39 is 0 Å². The standard InChI is InChI=1S/C14H16Cl3NO/c15-5-2-6-18(13-3-1-4-13)14(19)10-7-11(16)9-12(17)8-10/h7-9,13H,1-6H2. The minimum Gasteiger partial charge on any atom is -0.336 e. The fourth-order valence-electron chi connectivity index (χ4n) is 2.22. The highest BCUT2D eigenvalue weighted by Gasteiger charge is 2.29. The zero-order chi connectivity index (χ0) is 13.8. The van der Waals surface area contributed by atoms with Gasteiger partial charge in [0.1, 0.15) is 0 Å². The zero-order valence-corrected chi connectivity index (χ0v) is 12.8. The third-order valence-corrected chi connectivity index (χ3v) is 4.12. The van der Waals surface area contributed by atoms with E-state index in [0.29, 0.717) is 34.1 Å². The van der Waals surface area contributed by atoms with E-state index in [2.05, 4.69) is 0 Å². The lowest BCUT2D eigenvalue weighted by Crippen LogP contribution is -2.44. The molecule has 0 heterocycles. The Hall–Kier alpha value is -0.440. The molecule has 1 aliphatic rings. The van der Waals surface area contributed by atoms with Crippen molar-refractivity contribution in [1.82, 2.24) is 4.90 Å². The Kier molecular flexibility index (Phi) is 5.37. The van der Waals surface area contributed by atoms with Crippen molar-refractivity contribution in [1.29, 1.82) is 0 Å². The fourth-order valence-corrected chi connectivity index (χ4v) is 2.87. The molecule has 0 aromatic heterocycles. The number of hydrogen-bond acceptors (Lipinski definition) is 1. The van der Waals surface area contributed by atoms with E-state index >= 15 is 0 Å². The summed E-state index contributed by atoms with van der Waals surface area (Å²) in [6, 6.07) is 5.31. The van der Waals surface area contributed by atoms with Gasteiger partial charge < -0.3 is 4.90 Å². The number of amides is 1. The van der Waals surface area contributed by atoms with Crippen LogP contribution in [0.3, 0.4) is 0 Å². The number of benzene rings is 1. The molecule has 0 radical (unpaired) electrons. The van der Waals surface area contributed by atoms with Crippen LogP contribution in [-0.4, -0.2) is 29.3 Å². The number of carbonyl (C=O) groups is 1. The van der Waals surface area contributed by atoms with Gasteiger partial charge in [-0.3, -0.25) is 4.79 Å². The highest BCUT2D eigenvalue weighted by atomic mass is 35.5. The average molecular weight is 321 g/mol. The summed E-state index contributed by atoms with van der Waals surface area (Å²) in [7, 11) is 0. The van der Waals surface area contributed by atoms with Gasteiger partial charge in [0.05, 0.1) is 0 Å². The van der Waals surface area contributed by atoms with Gasteiger partial charge in [-0.25, -0.2) is 0 Å². The molecule has 5 heteroatoms. The first-order valence-corrected chi connectivity index (χ1v) is 7.74.